The van der Waals surface area contributed by atoms with Gasteiger partial charge in [-0.3, -0.25) is 0 Å². The van der Waals surface area contributed by atoms with Gasteiger partial charge in [0.15, 0.2) is 0 Å². The molecule has 2 atom stereocenters. The Morgan fingerprint density at radius 3 is 2.53 bits per heavy atom. The Kier molecular flexibility index (Phi) is 3.47. The van der Waals surface area contributed by atoms with Crippen molar-refractivity contribution in [2.75, 3.05) is 0 Å². The molecule has 15 heavy (non-hydrogen) atoms. The Balaban J connectivity index is 2.00. The molecule has 2 unspecified atom stereocenters. The SMILES string of the molecule is CC(C)C(NC(C)C1CC1)c1cccs1. The fraction of sp³-hybridized carbons (Fsp3) is 0.692. The zero-order valence-corrected chi connectivity index (χ0v) is 10.7. The lowest BCUT2D eigenvalue weighted by molar-refractivity contribution is 0.355. The Morgan fingerprint density at radius 1 is 1.33 bits per heavy atom. The Bertz CT molecular complexity index is 287. The number of hydrogen-bond acceptors (Lipinski definition) is 2. The average molecular weight is 223 g/mol. The summed E-state index contributed by atoms with van der Waals surface area (Å²) < 4.78 is 0. The topological polar surface area (TPSA) is 12.0 Å². The first-order valence-corrected chi connectivity index (χ1v) is 6.86. The third-order valence-electron chi connectivity index (χ3n) is 3.29. The molecule has 84 valence electrons. The van der Waals surface area contributed by atoms with Gasteiger partial charge in [-0.05, 0) is 43.0 Å². The zero-order chi connectivity index (χ0) is 10.8. The van der Waals surface area contributed by atoms with E-state index >= 15 is 0 Å². The fourth-order valence-electron chi connectivity index (χ4n) is 2.09. The van der Waals surface area contributed by atoms with E-state index < -0.39 is 0 Å². The predicted octanol–water partition coefficient (Wildman–Crippen LogP) is 3.83. The quantitative estimate of drug-likeness (QED) is 0.800. The van der Waals surface area contributed by atoms with E-state index in [2.05, 4.69) is 43.6 Å². The highest BCUT2D eigenvalue weighted by molar-refractivity contribution is 7.10. The van der Waals surface area contributed by atoms with Crippen LogP contribution >= 0.6 is 11.3 Å². The molecular formula is C13H21NS. The Hall–Kier alpha value is -0.340. The van der Waals surface area contributed by atoms with Crippen LogP contribution in [0.15, 0.2) is 17.5 Å². The molecule has 2 heteroatoms. The Morgan fingerprint density at radius 2 is 2.07 bits per heavy atom. The van der Waals surface area contributed by atoms with Crippen molar-refractivity contribution in [2.24, 2.45) is 11.8 Å². The van der Waals surface area contributed by atoms with Crippen molar-refractivity contribution < 1.29 is 0 Å². The van der Waals surface area contributed by atoms with Crippen LogP contribution in [-0.4, -0.2) is 6.04 Å². The number of hydrogen-bond donors (Lipinski definition) is 1. The van der Waals surface area contributed by atoms with Gasteiger partial charge >= 0.3 is 0 Å². The predicted molar refractivity (Wildman–Crippen MR) is 67.2 cm³/mol. The van der Waals surface area contributed by atoms with Crippen LogP contribution in [0.3, 0.4) is 0 Å². The fourth-order valence-corrected chi connectivity index (χ4v) is 3.05. The molecule has 0 aromatic carbocycles. The van der Waals surface area contributed by atoms with Gasteiger partial charge in [-0.1, -0.05) is 19.9 Å². The molecule has 1 heterocycles. The molecule has 0 aliphatic heterocycles. The minimum absolute atomic E-state index is 0.542. The third-order valence-corrected chi connectivity index (χ3v) is 4.24. The molecule has 0 saturated heterocycles. The highest BCUT2D eigenvalue weighted by atomic mass is 32.1. The van der Waals surface area contributed by atoms with Gasteiger partial charge in [0.2, 0.25) is 0 Å². The lowest BCUT2D eigenvalue weighted by Gasteiger charge is -2.25. The van der Waals surface area contributed by atoms with Gasteiger partial charge in [0, 0.05) is 17.0 Å². The summed E-state index contributed by atoms with van der Waals surface area (Å²) in [7, 11) is 0. The molecule has 0 spiro atoms. The second-order valence-electron chi connectivity index (χ2n) is 5.03. The molecule has 0 bridgehead atoms. The van der Waals surface area contributed by atoms with Gasteiger partial charge in [-0.15, -0.1) is 11.3 Å². The van der Waals surface area contributed by atoms with Crippen molar-refractivity contribution in [3.8, 4) is 0 Å². The van der Waals surface area contributed by atoms with Gasteiger partial charge in [-0.25, -0.2) is 0 Å². The van der Waals surface area contributed by atoms with Crippen LogP contribution in [0.25, 0.3) is 0 Å². The minimum Gasteiger partial charge on any atom is -0.306 e. The van der Waals surface area contributed by atoms with E-state index in [4.69, 9.17) is 0 Å². The molecule has 1 aliphatic rings. The van der Waals surface area contributed by atoms with Crippen LogP contribution < -0.4 is 5.32 Å². The van der Waals surface area contributed by atoms with Crippen molar-refractivity contribution in [1.29, 1.82) is 0 Å². The molecule has 0 radical (unpaired) electrons. The first-order chi connectivity index (χ1) is 7.18. The molecule has 0 amide bonds. The number of rotatable bonds is 5. The lowest BCUT2D eigenvalue weighted by Crippen LogP contribution is -2.34. The maximum absolute atomic E-state index is 3.79. The van der Waals surface area contributed by atoms with Crippen LogP contribution in [0.5, 0.6) is 0 Å². The molecule has 2 rings (SSSR count). The van der Waals surface area contributed by atoms with Crippen molar-refractivity contribution in [1.82, 2.24) is 5.32 Å². The second-order valence-corrected chi connectivity index (χ2v) is 6.01. The minimum atomic E-state index is 0.542. The zero-order valence-electron chi connectivity index (χ0n) is 9.86. The standard InChI is InChI=1S/C13H21NS/c1-9(2)13(12-5-4-8-15-12)14-10(3)11-6-7-11/h4-5,8-11,13-14H,6-7H2,1-3H3. The monoisotopic (exact) mass is 223 g/mol. The summed E-state index contributed by atoms with van der Waals surface area (Å²) in [5.41, 5.74) is 0. The highest BCUT2D eigenvalue weighted by Gasteiger charge is 2.30. The van der Waals surface area contributed by atoms with Crippen LogP contribution in [0.4, 0.5) is 0 Å². The smallest absolute Gasteiger partial charge is 0.0440 e. The number of thiophene rings is 1. The third kappa shape index (κ3) is 2.82. The van der Waals surface area contributed by atoms with Crippen LogP contribution in [0, 0.1) is 11.8 Å². The van der Waals surface area contributed by atoms with Crippen LogP contribution in [-0.2, 0) is 0 Å². The summed E-state index contributed by atoms with van der Waals surface area (Å²) in [5, 5.41) is 5.97. The van der Waals surface area contributed by atoms with Gasteiger partial charge in [0.1, 0.15) is 0 Å². The lowest BCUT2D eigenvalue weighted by atomic mass is 10.0. The van der Waals surface area contributed by atoms with Gasteiger partial charge in [0.25, 0.3) is 0 Å². The van der Waals surface area contributed by atoms with E-state index in [0.29, 0.717) is 18.0 Å². The molecule has 1 fully saturated rings. The van der Waals surface area contributed by atoms with E-state index in [1.54, 1.807) is 0 Å². The maximum atomic E-state index is 3.79. The largest absolute Gasteiger partial charge is 0.306 e. The summed E-state index contributed by atoms with van der Waals surface area (Å²) >= 11 is 1.87. The van der Waals surface area contributed by atoms with E-state index in [9.17, 15) is 0 Å². The molecule has 1 aliphatic carbocycles. The summed E-state index contributed by atoms with van der Waals surface area (Å²) in [6.45, 7) is 6.94. The summed E-state index contributed by atoms with van der Waals surface area (Å²) in [6.07, 6.45) is 2.84. The van der Waals surface area contributed by atoms with E-state index in [1.165, 1.54) is 17.7 Å². The van der Waals surface area contributed by atoms with Crippen molar-refractivity contribution in [3.05, 3.63) is 22.4 Å². The van der Waals surface area contributed by atoms with Crippen molar-refractivity contribution in [3.63, 3.8) is 0 Å². The molecular weight excluding hydrogens is 202 g/mol. The van der Waals surface area contributed by atoms with E-state index in [0.717, 1.165) is 5.92 Å². The van der Waals surface area contributed by atoms with Crippen molar-refractivity contribution >= 4 is 11.3 Å². The second kappa shape index (κ2) is 4.67. The number of nitrogens with one attached hydrogen (secondary N) is 1. The van der Waals surface area contributed by atoms with Gasteiger partial charge in [0.05, 0.1) is 0 Å². The normalized spacial score (nSPS) is 20.5. The average Bonchev–Trinajstić information content (AvgIpc) is 2.91. The van der Waals surface area contributed by atoms with Crippen LogP contribution in [0.2, 0.25) is 0 Å². The summed E-state index contributed by atoms with van der Waals surface area (Å²) in [4.78, 5) is 1.48. The van der Waals surface area contributed by atoms with E-state index in [1.807, 2.05) is 11.3 Å². The van der Waals surface area contributed by atoms with Crippen molar-refractivity contribution in [2.45, 2.75) is 45.7 Å². The molecule has 1 nitrogen and oxygen atoms in total. The summed E-state index contributed by atoms with van der Waals surface area (Å²) in [6, 6.07) is 5.63. The Labute approximate surface area is 96.9 Å². The van der Waals surface area contributed by atoms with E-state index in [-0.39, 0.29) is 0 Å². The maximum Gasteiger partial charge on any atom is 0.0440 e. The summed E-state index contributed by atoms with van der Waals surface area (Å²) in [5.74, 6) is 1.61. The molecule has 1 aromatic rings. The first kappa shape index (κ1) is 11.2. The van der Waals surface area contributed by atoms with Gasteiger partial charge < -0.3 is 5.32 Å². The highest BCUT2D eigenvalue weighted by Crippen LogP contribution is 2.35. The first-order valence-electron chi connectivity index (χ1n) is 5.98. The molecule has 1 aromatic heterocycles. The molecule has 1 saturated carbocycles. The van der Waals surface area contributed by atoms with Crippen LogP contribution in [0.1, 0.15) is 44.5 Å². The molecule has 1 N–H and O–H groups in total. The van der Waals surface area contributed by atoms with Gasteiger partial charge in [-0.2, -0.15) is 0 Å².